The lowest BCUT2D eigenvalue weighted by molar-refractivity contribution is -0.118. The molecule has 0 radical (unpaired) electrons. The van der Waals surface area contributed by atoms with Crippen LogP contribution in [0.25, 0.3) is 0 Å². The number of anilines is 1. The number of hydrogen-bond donors (Lipinski definition) is 1. The number of pyridine rings is 1. The van der Waals surface area contributed by atoms with Gasteiger partial charge in [-0.05, 0) is 31.4 Å². The van der Waals surface area contributed by atoms with Crippen LogP contribution in [0.4, 0.5) is 5.69 Å². The zero-order valence-corrected chi connectivity index (χ0v) is 15.8. The van der Waals surface area contributed by atoms with Gasteiger partial charge in [0, 0.05) is 30.6 Å². The van der Waals surface area contributed by atoms with Crippen molar-refractivity contribution in [3.63, 3.8) is 0 Å². The number of nitrogens with zero attached hydrogens (tertiary/aromatic N) is 1. The van der Waals surface area contributed by atoms with Gasteiger partial charge in [-0.1, -0.05) is 13.8 Å². The van der Waals surface area contributed by atoms with Gasteiger partial charge >= 0.3 is 0 Å². The third kappa shape index (κ3) is 4.61. The molecule has 1 amide bonds. The second kappa shape index (κ2) is 8.16. The van der Waals surface area contributed by atoms with E-state index in [1.165, 1.54) is 6.07 Å². The Morgan fingerprint density at radius 3 is 2.81 bits per heavy atom. The van der Waals surface area contributed by atoms with Gasteiger partial charge in [-0.25, -0.2) is 0 Å². The minimum absolute atomic E-state index is 0.173. The summed E-state index contributed by atoms with van der Waals surface area (Å²) in [6.45, 7) is 6.84. The van der Waals surface area contributed by atoms with Gasteiger partial charge in [0.1, 0.15) is 0 Å². The molecule has 1 aromatic heterocycles. The van der Waals surface area contributed by atoms with Crippen LogP contribution in [-0.4, -0.2) is 23.9 Å². The summed E-state index contributed by atoms with van der Waals surface area (Å²) in [5.41, 5.74) is 1.06. The van der Waals surface area contributed by atoms with E-state index in [-0.39, 0.29) is 30.5 Å². The molecule has 0 saturated heterocycles. The van der Waals surface area contributed by atoms with E-state index < -0.39 is 0 Å². The molecule has 0 spiro atoms. The molecule has 27 heavy (non-hydrogen) atoms. The lowest BCUT2D eigenvalue weighted by Gasteiger charge is -2.15. The third-order valence-electron chi connectivity index (χ3n) is 4.34. The van der Waals surface area contributed by atoms with Crippen LogP contribution in [0.1, 0.15) is 26.0 Å². The SMILES string of the molecule is Cc1c(OCC(=O)Nc2ccc3c(c2)OCO3)c(=O)ccn1CCC(C)C. The molecule has 0 fully saturated rings. The van der Waals surface area contributed by atoms with Crippen LogP contribution in [0.2, 0.25) is 0 Å². The lowest BCUT2D eigenvalue weighted by atomic mass is 10.1. The Balaban J connectivity index is 1.63. The van der Waals surface area contributed by atoms with Crippen LogP contribution in [0, 0.1) is 12.8 Å². The molecule has 7 heteroatoms. The predicted molar refractivity (Wildman–Crippen MR) is 102 cm³/mol. The maximum atomic E-state index is 12.2. The van der Waals surface area contributed by atoms with Crippen molar-refractivity contribution < 1.29 is 19.0 Å². The Bertz CT molecular complexity index is 888. The highest BCUT2D eigenvalue weighted by atomic mass is 16.7. The number of carbonyl (C=O) groups is 1. The molecule has 0 aliphatic carbocycles. The summed E-state index contributed by atoms with van der Waals surface area (Å²) in [6.07, 6.45) is 2.76. The summed E-state index contributed by atoms with van der Waals surface area (Å²) in [5, 5.41) is 2.73. The first-order valence-corrected chi connectivity index (χ1v) is 8.96. The van der Waals surface area contributed by atoms with Crippen molar-refractivity contribution in [3.05, 3.63) is 46.4 Å². The second-order valence-corrected chi connectivity index (χ2v) is 6.88. The van der Waals surface area contributed by atoms with Crippen molar-refractivity contribution in [2.45, 2.75) is 33.7 Å². The molecular formula is C20H24N2O5. The molecule has 0 atom stereocenters. The maximum absolute atomic E-state index is 12.2. The van der Waals surface area contributed by atoms with Gasteiger partial charge in [-0.2, -0.15) is 0 Å². The molecular weight excluding hydrogens is 348 g/mol. The predicted octanol–water partition coefficient (Wildman–Crippen LogP) is 2.95. The van der Waals surface area contributed by atoms with Crippen molar-refractivity contribution in [1.29, 1.82) is 0 Å². The molecule has 1 N–H and O–H groups in total. The minimum atomic E-state index is -0.356. The molecule has 3 rings (SSSR count). The highest BCUT2D eigenvalue weighted by Gasteiger charge is 2.15. The first kappa shape index (κ1) is 18.8. The monoisotopic (exact) mass is 372 g/mol. The second-order valence-electron chi connectivity index (χ2n) is 6.88. The molecule has 1 aliphatic rings. The molecule has 144 valence electrons. The average molecular weight is 372 g/mol. The highest BCUT2D eigenvalue weighted by Crippen LogP contribution is 2.34. The molecule has 2 heterocycles. The van der Waals surface area contributed by atoms with E-state index in [0.717, 1.165) is 18.7 Å². The van der Waals surface area contributed by atoms with Gasteiger partial charge in [0.05, 0.1) is 5.69 Å². The van der Waals surface area contributed by atoms with Crippen LogP contribution >= 0.6 is 0 Å². The van der Waals surface area contributed by atoms with Crippen LogP contribution in [0.3, 0.4) is 0 Å². The lowest BCUT2D eigenvalue weighted by Crippen LogP contribution is -2.23. The maximum Gasteiger partial charge on any atom is 0.262 e. The summed E-state index contributed by atoms with van der Waals surface area (Å²) < 4.78 is 18.0. The smallest absolute Gasteiger partial charge is 0.262 e. The number of aromatic nitrogens is 1. The van der Waals surface area contributed by atoms with Crippen LogP contribution in [0.5, 0.6) is 17.2 Å². The fourth-order valence-corrected chi connectivity index (χ4v) is 2.78. The van der Waals surface area contributed by atoms with Crippen molar-refractivity contribution in [2.24, 2.45) is 5.92 Å². The van der Waals surface area contributed by atoms with E-state index in [1.54, 1.807) is 24.4 Å². The Kier molecular flexibility index (Phi) is 5.69. The van der Waals surface area contributed by atoms with Gasteiger partial charge < -0.3 is 24.1 Å². The number of aryl methyl sites for hydroxylation is 1. The molecule has 2 aromatic rings. The summed E-state index contributed by atoms with van der Waals surface area (Å²) in [5.74, 6) is 1.64. The van der Waals surface area contributed by atoms with E-state index in [0.29, 0.717) is 23.1 Å². The minimum Gasteiger partial charge on any atom is -0.478 e. The highest BCUT2D eigenvalue weighted by molar-refractivity contribution is 5.92. The topological polar surface area (TPSA) is 78.8 Å². The molecule has 1 aliphatic heterocycles. The first-order valence-electron chi connectivity index (χ1n) is 8.96. The summed E-state index contributed by atoms with van der Waals surface area (Å²) >= 11 is 0. The van der Waals surface area contributed by atoms with E-state index in [4.69, 9.17) is 14.2 Å². The van der Waals surface area contributed by atoms with Crippen LogP contribution < -0.4 is 25.0 Å². The van der Waals surface area contributed by atoms with Gasteiger partial charge in [-0.15, -0.1) is 0 Å². The molecule has 1 aromatic carbocycles. The number of benzene rings is 1. The van der Waals surface area contributed by atoms with E-state index in [9.17, 15) is 9.59 Å². The summed E-state index contributed by atoms with van der Waals surface area (Å²) in [6, 6.07) is 6.61. The van der Waals surface area contributed by atoms with Crippen LogP contribution in [0.15, 0.2) is 35.3 Å². The van der Waals surface area contributed by atoms with E-state index >= 15 is 0 Å². The van der Waals surface area contributed by atoms with Gasteiger partial charge in [-0.3, -0.25) is 9.59 Å². The number of ether oxygens (including phenoxy) is 3. The van der Waals surface area contributed by atoms with Gasteiger partial charge in [0.2, 0.25) is 12.2 Å². The van der Waals surface area contributed by atoms with Crippen LogP contribution in [-0.2, 0) is 11.3 Å². The molecule has 0 saturated carbocycles. The normalized spacial score (nSPS) is 12.3. The third-order valence-corrected chi connectivity index (χ3v) is 4.34. The van der Waals surface area contributed by atoms with Gasteiger partial charge in [0.15, 0.2) is 23.9 Å². The fourth-order valence-electron chi connectivity index (χ4n) is 2.78. The number of fused-ring (bicyclic) bond motifs is 1. The zero-order valence-electron chi connectivity index (χ0n) is 15.8. The number of amides is 1. The Morgan fingerprint density at radius 1 is 1.26 bits per heavy atom. The number of nitrogens with one attached hydrogen (secondary N) is 1. The fraction of sp³-hybridized carbons (Fsp3) is 0.400. The molecule has 7 nitrogen and oxygen atoms in total. The number of carbonyl (C=O) groups excluding carboxylic acids is 1. The summed E-state index contributed by atoms with van der Waals surface area (Å²) in [7, 11) is 0. The molecule has 0 bridgehead atoms. The Labute approximate surface area is 157 Å². The Hall–Kier alpha value is -2.96. The standard InChI is InChI=1S/C20H24N2O5/c1-13(2)6-8-22-9-7-16(23)20(14(22)3)25-11-19(24)21-15-4-5-17-18(10-15)27-12-26-17/h4-5,7,9-10,13H,6,8,11-12H2,1-3H3,(H,21,24). The first-order chi connectivity index (χ1) is 12.9. The van der Waals surface area contributed by atoms with Gasteiger partial charge in [0.25, 0.3) is 5.91 Å². The summed E-state index contributed by atoms with van der Waals surface area (Å²) in [4.78, 5) is 24.3. The van der Waals surface area contributed by atoms with Crippen molar-refractivity contribution in [2.75, 3.05) is 18.7 Å². The van der Waals surface area contributed by atoms with E-state index in [2.05, 4.69) is 19.2 Å². The van der Waals surface area contributed by atoms with Crippen molar-refractivity contribution in [3.8, 4) is 17.2 Å². The number of rotatable bonds is 7. The largest absolute Gasteiger partial charge is 0.478 e. The number of hydrogen-bond acceptors (Lipinski definition) is 5. The quantitative estimate of drug-likeness (QED) is 0.808. The zero-order chi connectivity index (χ0) is 19.4. The van der Waals surface area contributed by atoms with Crippen molar-refractivity contribution in [1.82, 2.24) is 4.57 Å². The molecule has 0 unspecified atom stereocenters. The average Bonchev–Trinajstić information content (AvgIpc) is 3.08. The Morgan fingerprint density at radius 2 is 2.04 bits per heavy atom. The van der Waals surface area contributed by atoms with Crippen molar-refractivity contribution >= 4 is 11.6 Å². The van der Waals surface area contributed by atoms with E-state index in [1.807, 2.05) is 11.5 Å².